The molecule has 33 heavy (non-hydrogen) atoms. The summed E-state index contributed by atoms with van der Waals surface area (Å²) in [4.78, 5) is 44.6. The molecule has 3 heterocycles. The highest BCUT2D eigenvalue weighted by Crippen LogP contribution is 2.52. The molecule has 1 atom stereocenters. The van der Waals surface area contributed by atoms with E-state index in [4.69, 9.17) is 4.42 Å². The van der Waals surface area contributed by atoms with Crippen LogP contribution < -0.4 is 10.3 Å². The zero-order chi connectivity index (χ0) is 22.7. The van der Waals surface area contributed by atoms with Crippen molar-refractivity contribution in [3.8, 4) is 0 Å². The van der Waals surface area contributed by atoms with Crippen molar-refractivity contribution in [1.29, 1.82) is 0 Å². The number of para-hydroxylation sites is 2. The van der Waals surface area contributed by atoms with Gasteiger partial charge in [-0.3, -0.25) is 14.4 Å². The van der Waals surface area contributed by atoms with E-state index in [0.717, 1.165) is 5.56 Å². The van der Waals surface area contributed by atoms with E-state index in [9.17, 15) is 14.4 Å². The third-order valence-electron chi connectivity index (χ3n) is 6.74. The molecule has 2 aliphatic heterocycles. The standard InChI is InChI=1S/C27H20N2O4/c1-28-20-13-7-6-12-19(20)27(26(28)32)22-23(30)18-11-5-8-14-21(18)33-24(22)25(31)29(27)16-15-17-9-3-2-4-10-17/h2-14H,15-16H2,1H3/t27-/m1/s1. The lowest BCUT2D eigenvalue weighted by Gasteiger charge is -2.34. The number of likely N-dealkylation sites (N-methyl/N-ethyl adjacent to an activating group) is 1. The second-order valence-corrected chi connectivity index (χ2v) is 8.42. The van der Waals surface area contributed by atoms with E-state index < -0.39 is 11.4 Å². The molecule has 0 saturated carbocycles. The smallest absolute Gasteiger partial charge is 0.291 e. The van der Waals surface area contributed by atoms with Crippen LogP contribution in [0, 0.1) is 0 Å². The third kappa shape index (κ3) is 2.46. The summed E-state index contributed by atoms with van der Waals surface area (Å²) in [5.74, 6) is -0.820. The fourth-order valence-electron chi connectivity index (χ4n) is 5.23. The van der Waals surface area contributed by atoms with Crippen molar-refractivity contribution in [3.63, 3.8) is 0 Å². The predicted molar refractivity (Wildman–Crippen MR) is 124 cm³/mol. The van der Waals surface area contributed by atoms with Crippen molar-refractivity contribution in [2.45, 2.75) is 12.0 Å². The van der Waals surface area contributed by atoms with Crippen molar-refractivity contribution < 1.29 is 14.0 Å². The van der Waals surface area contributed by atoms with E-state index in [0.29, 0.717) is 28.6 Å². The molecule has 162 valence electrons. The summed E-state index contributed by atoms with van der Waals surface area (Å²) in [5, 5.41) is 0.355. The zero-order valence-corrected chi connectivity index (χ0v) is 17.9. The van der Waals surface area contributed by atoms with Gasteiger partial charge in [-0.2, -0.15) is 0 Å². The van der Waals surface area contributed by atoms with Gasteiger partial charge in [0.1, 0.15) is 5.58 Å². The Morgan fingerprint density at radius 1 is 0.848 bits per heavy atom. The van der Waals surface area contributed by atoms with Crippen molar-refractivity contribution in [3.05, 3.63) is 112 Å². The summed E-state index contributed by atoms with van der Waals surface area (Å²) in [6, 6.07) is 23.9. The monoisotopic (exact) mass is 436 g/mol. The van der Waals surface area contributed by atoms with Crippen LogP contribution in [0.1, 0.15) is 27.2 Å². The number of carbonyl (C=O) groups is 2. The highest BCUT2D eigenvalue weighted by atomic mass is 16.3. The van der Waals surface area contributed by atoms with Gasteiger partial charge in [0.25, 0.3) is 11.8 Å². The molecule has 2 aliphatic rings. The van der Waals surface area contributed by atoms with Crippen LogP contribution in [0.5, 0.6) is 0 Å². The van der Waals surface area contributed by atoms with Gasteiger partial charge < -0.3 is 14.2 Å². The van der Waals surface area contributed by atoms with Crippen molar-refractivity contribution in [2.75, 3.05) is 18.5 Å². The van der Waals surface area contributed by atoms with E-state index in [1.54, 1.807) is 31.3 Å². The number of fused-ring (bicyclic) bond motifs is 5. The van der Waals surface area contributed by atoms with E-state index in [2.05, 4.69) is 0 Å². The molecule has 4 aromatic rings. The van der Waals surface area contributed by atoms with Gasteiger partial charge >= 0.3 is 0 Å². The summed E-state index contributed by atoms with van der Waals surface area (Å²) in [7, 11) is 1.68. The second-order valence-electron chi connectivity index (χ2n) is 8.42. The van der Waals surface area contributed by atoms with Crippen LogP contribution in [0.2, 0.25) is 0 Å². The van der Waals surface area contributed by atoms with Crippen molar-refractivity contribution >= 4 is 28.5 Å². The van der Waals surface area contributed by atoms with Crippen LogP contribution in [0.25, 0.3) is 11.0 Å². The predicted octanol–water partition coefficient (Wildman–Crippen LogP) is 3.71. The number of hydrogen-bond acceptors (Lipinski definition) is 4. The lowest BCUT2D eigenvalue weighted by molar-refractivity contribution is -0.125. The molecule has 1 aromatic heterocycles. The fraction of sp³-hybridized carbons (Fsp3) is 0.148. The Morgan fingerprint density at radius 2 is 1.55 bits per heavy atom. The number of nitrogens with zero attached hydrogens (tertiary/aromatic N) is 2. The first-order chi connectivity index (χ1) is 16.0. The number of anilines is 1. The normalized spacial score (nSPS) is 18.9. The Bertz CT molecular complexity index is 1510. The average Bonchev–Trinajstić information content (AvgIpc) is 3.23. The molecule has 0 radical (unpaired) electrons. The minimum Gasteiger partial charge on any atom is -0.450 e. The molecule has 6 heteroatoms. The van der Waals surface area contributed by atoms with Crippen molar-refractivity contribution in [1.82, 2.24) is 4.90 Å². The molecule has 0 saturated heterocycles. The van der Waals surface area contributed by atoms with Crippen LogP contribution in [0.15, 0.2) is 88.1 Å². The minimum absolute atomic E-state index is 0.0507. The first kappa shape index (κ1) is 19.5. The number of benzene rings is 3. The summed E-state index contributed by atoms with van der Waals surface area (Å²) in [5.41, 5.74) is 0.897. The van der Waals surface area contributed by atoms with E-state index in [1.165, 1.54) is 9.80 Å². The Morgan fingerprint density at radius 3 is 2.36 bits per heavy atom. The molecule has 3 aromatic carbocycles. The maximum atomic E-state index is 14.0. The largest absolute Gasteiger partial charge is 0.450 e. The van der Waals surface area contributed by atoms with Crippen molar-refractivity contribution in [2.24, 2.45) is 0 Å². The first-order valence-electron chi connectivity index (χ1n) is 10.8. The molecule has 1 spiro atoms. The number of rotatable bonds is 3. The van der Waals surface area contributed by atoms with Crippen LogP contribution in [-0.2, 0) is 16.8 Å². The molecular formula is C27H20N2O4. The first-order valence-corrected chi connectivity index (χ1v) is 10.8. The second kappa shape index (κ2) is 6.90. The third-order valence-corrected chi connectivity index (χ3v) is 6.74. The molecule has 6 nitrogen and oxygen atoms in total. The number of amides is 2. The van der Waals surface area contributed by atoms with Crippen LogP contribution in [0.4, 0.5) is 5.69 Å². The number of hydrogen-bond donors (Lipinski definition) is 0. The summed E-state index contributed by atoms with van der Waals surface area (Å²) < 4.78 is 6.00. The van der Waals surface area contributed by atoms with Gasteiger partial charge in [0.15, 0.2) is 11.0 Å². The lowest BCUT2D eigenvalue weighted by Crippen LogP contribution is -2.53. The van der Waals surface area contributed by atoms with Gasteiger partial charge in [0, 0.05) is 24.8 Å². The maximum Gasteiger partial charge on any atom is 0.291 e. The summed E-state index contributed by atoms with van der Waals surface area (Å²) >= 11 is 0. The Hall–Kier alpha value is -4.19. The Kier molecular flexibility index (Phi) is 4.08. The topological polar surface area (TPSA) is 70.8 Å². The van der Waals surface area contributed by atoms with Gasteiger partial charge in [-0.15, -0.1) is 0 Å². The van der Waals surface area contributed by atoms with Crippen LogP contribution in [0.3, 0.4) is 0 Å². The molecule has 0 unspecified atom stereocenters. The minimum atomic E-state index is -1.54. The molecule has 0 N–H and O–H groups in total. The highest BCUT2D eigenvalue weighted by Gasteiger charge is 2.64. The molecule has 0 fully saturated rings. The zero-order valence-electron chi connectivity index (χ0n) is 17.9. The quantitative estimate of drug-likeness (QED) is 0.491. The van der Waals surface area contributed by atoms with Crippen LogP contribution >= 0.6 is 0 Å². The van der Waals surface area contributed by atoms with Gasteiger partial charge in [-0.25, -0.2) is 0 Å². The van der Waals surface area contributed by atoms with E-state index >= 15 is 0 Å². The Balaban J connectivity index is 1.64. The summed E-state index contributed by atoms with van der Waals surface area (Å²) in [6.45, 7) is 0.261. The average molecular weight is 436 g/mol. The molecule has 6 rings (SSSR count). The fourth-order valence-corrected chi connectivity index (χ4v) is 5.23. The van der Waals surface area contributed by atoms with Gasteiger partial charge in [0.05, 0.1) is 10.9 Å². The van der Waals surface area contributed by atoms with Gasteiger partial charge in [0.2, 0.25) is 5.76 Å². The molecule has 0 aliphatic carbocycles. The Labute approximate surface area is 189 Å². The van der Waals surface area contributed by atoms with E-state index in [-0.39, 0.29) is 29.2 Å². The molecular weight excluding hydrogens is 416 g/mol. The van der Waals surface area contributed by atoms with Crippen LogP contribution in [-0.4, -0.2) is 30.3 Å². The van der Waals surface area contributed by atoms with E-state index in [1.807, 2.05) is 54.6 Å². The lowest BCUT2D eigenvalue weighted by atomic mass is 9.84. The van der Waals surface area contributed by atoms with Gasteiger partial charge in [-0.1, -0.05) is 60.7 Å². The maximum absolute atomic E-state index is 14.0. The highest BCUT2D eigenvalue weighted by molar-refractivity contribution is 6.16. The molecule has 0 bridgehead atoms. The number of carbonyl (C=O) groups excluding carboxylic acids is 2. The van der Waals surface area contributed by atoms with Gasteiger partial charge in [-0.05, 0) is 30.2 Å². The molecule has 2 amide bonds. The SMILES string of the molecule is CN1C(=O)[C@@]2(c3ccccc31)c1c(oc3ccccc3c1=O)C(=O)N2CCc1ccccc1. The summed E-state index contributed by atoms with van der Waals surface area (Å²) in [6.07, 6.45) is 0.537.